The van der Waals surface area contributed by atoms with Crippen LogP contribution in [0.4, 0.5) is 11.4 Å². The largest absolute Gasteiger partial charge is 0.497 e. The van der Waals surface area contributed by atoms with Crippen LogP contribution in [-0.2, 0) is 10.0 Å². The first-order chi connectivity index (χ1) is 8.46. The number of nitrogens with two attached hydrogens (primary N) is 1. The van der Waals surface area contributed by atoms with E-state index in [1.807, 2.05) is 0 Å². The molecule has 0 bridgehead atoms. The molecule has 0 aromatic heterocycles. The molecule has 18 heavy (non-hydrogen) atoms. The van der Waals surface area contributed by atoms with E-state index in [1.54, 1.807) is 32.2 Å². The average Bonchev–Trinajstić information content (AvgIpc) is 2.27. The smallest absolute Gasteiger partial charge is 0.213 e. The van der Waals surface area contributed by atoms with Crippen LogP contribution in [0.2, 0.25) is 0 Å². The summed E-state index contributed by atoms with van der Waals surface area (Å²) in [6.45, 7) is 2.45. The minimum Gasteiger partial charge on any atom is -0.497 e. The number of sulfonamides is 1. The maximum absolute atomic E-state index is 11.4. The van der Waals surface area contributed by atoms with E-state index in [4.69, 9.17) is 10.5 Å². The van der Waals surface area contributed by atoms with Gasteiger partial charge in [0.2, 0.25) is 10.0 Å². The molecule has 0 aliphatic heterocycles. The van der Waals surface area contributed by atoms with Gasteiger partial charge in [0.25, 0.3) is 0 Å². The maximum atomic E-state index is 11.4. The Kier molecular flexibility index (Phi) is 5.24. The van der Waals surface area contributed by atoms with Gasteiger partial charge in [-0.3, -0.25) is 0 Å². The fourth-order valence-corrected chi connectivity index (χ4v) is 2.42. The van der Waals surface area contributed by atoms with Crippen LogP contribution in [-0.4, -0.2) is 34.4 Å². The quantitative estimate of drug-likeness (QED) is 0.634. The first kappa shape index (κ1) is 14.6. The van der Waals surface area contributed by atoms with E-state index in [-0.39, 0.29) is 5.75 Å². The van der Waals surface area contributed by atoms with Gasteiger partial charge in [0.1, 0.15) is 5.75 Å². The van der Waals surface area contributed by atoms with Crippen LogP contribution in [0.5, 0.6) is 5.75 Å². The lowest BCUT2D eigenvalue weighted by atomic mass is 10.2. The Morgan fingerprint density at radius 3 is 2.67 bits per heavy atom. The number of benzene rings is 1. The Balaban J connectivity index is 2.56. The summed E-state index contributed by atoms with van der Waals surface area (Å²) in [5.74, 6) is 0.643. The van der Waals surface area contributed by atoms with Gasteiger partial charge in [-0.1, -0.05) is 6.92 Å². The molecule has 1 aromatic carbocycles. The van der Waals surface area contributed by atoms with Crippen LogP contribution in [0, 0.1) is 0 Å². The molecular weight excluding hydrogens is 254 g/mol. The van der Waals surface area contributed by atoms with E-state index in [0.717, 1.165) is 5.69 Å². The summed E-state index contributed by atoms with van der Waals surface area (Å²) < 4.78 is 30.3. The van der Waals surface area contributed by atoms with Gasteiger partial charge >= 0.3 is 0 Å². The highest BCUT2D eigenvalue weighted by atomic mass is 32.2. The van der Waals surface area contributed by atoms with Crippen LogP contribution >= 0.6 is 0 Å². The molecule has 6 nitrogen and oxygen atoms in total. The van der Waals surface area contributed by atoms with Crippen molar-refractivity contribution in [3.63, 3.8) is 0 Å². The predicted octanol–water partition coefficient (Wildman–Crippen LogP) is 0.629. The zero-order valence-electron chi connectivity index (χ0n) is 10.6. The molecule has 0 unspecified atom stereocenters. The highest BCUT2D eigenvalue weighted by molar-refractivity contribution is 7.89. The standard InChI is InChI=1S/C11H19N3O3S/c1-3-14-18(15,16)5-4-13-10-6-9(12)7-11(8-10)17-2/h6-8,13-14H,3-5,12H2,1-2H3. The van der Waals surface area contributed by atoms with Gasteiger partial charge in [-0.25, -0.2) is 13.1 Å². The van der Waals surface area contributed by atoms with Gasteiger partial charge < -0.3 is 15.8 Å². The zero-order chi connectivity index (χ0) is 13.6. The van der Waals surface area contributed by atoms with E-state index in [2.05, 4.69) is 10.0 Å². The van der Waals surface area contributed by atoms with Crippen molar-refractivity contribution in [2.45, 2.75) is 6.92 Å². The zero-order valence-corrected chi connectivity index (χ0v) is 11.4. The Morgan fingerprint density at radius 1 is 1.33 bits per heavy atom. The molecule has 1 aromatic rings. The SMILES string of the molecule is CCNS(=O)(=O)CCNc1cc(N)cc(OC)c1. The van der Waals surface area contributed by atoms with Gasteiger partial charge in [-0.15, -0.1) is 0 Å². The lowest BCUT2D eigenvalue weighted by Crippen LogP contribution is -2.29. The number of ether oxygens (including phenoxy) is 1. The van der Waals surface area contributed by atoms with Crippen molar-refractivity contribution in [1.29, 1.82) is 0 Å². The molecule has 0 spiro atoms. The molecule has 0 aliphatic carbocycles. The number of nitrogens with one attached hydrogen (secondary N) is 2. The number of methoxy groups -OCH3 is 1. The summed E-state index contributed by atoms with van der Waals surface area (Å²) in [7, 11) is -1.65. The Morgan fingerprint density at radius 2 is 2.06 bits per heavy atom. The monoisotopic (exact) mass is 273 g/mol. The van der Waals surface area contributed by atoms with Gasteiger partial charge in [0.05, 0.1) is 12.9 Å². The molecule has 0 aliphatic rings. The molecule has 1 rings (SSSR count). The van der Waals surface area contributed by atoms with Crippen molar-refractivity contribution in [2.75, 3.05) is 37.0 Å². The van der Waals surface area contributed by atoms with Crippen molar-refractivity contribution in [3.05, 3.63) is 18.2 Å². The predicted molar refractivity (Wildman–Crippen MR) is 73.4 cm³/mol. The Hall–Kier alpha value is -1.47. The van der Waals surface area contributed by atoms with E-state index in [1.165, 1.54) is 0 Å². The normalized spacial score (nSPS) is 11.2. The number of hydrogen-bond donors (Lipinski definition) is 3. The van der Waals surface area contributed by atoms with Crippen molar-refractivity contribution in [2.24, 2.45) is 0 Å². The van der Waals surface area contributed by atoms with E-state index in [9.17, 15) is 8.42 Å². The first-order valence-electron chi connectivity index (χ1n) is 5.62. The molecule has 0 fully saturated rings. The first-order valence-corrected chi connectivity index (χ1v) is 7.28. The molecule has 0 radical (unpaired) electrons. The van der Waals surface area contributed by atoms with Gasteiger partial charge in [-0.2, -0.15) is 0 Å². The van der Waals surface area contributed by atoms with Crippen molar-refractivity contribution in [1.82, 2.24) is 4.72 Å². The summed E-state index contributed by atoms with van der Waals surface area (Å²) in [6.07, 6.45) is 0. The van der Waals surface area contributed by atoms with Crippen LogP contribution in [0.1, 0.15) is 6.92 Å². The average molecular weight is 273 g/mol. The number of anilines is 2. The third kappa shape index (κ3) is 4.80. The lowest BCUT2D eigenvalue weighted by molar-refractivity contribution is 0.415. The molecule has 102 valence electrons. The second-order valence-electron chi connectivity index (χ2n) is 3.74. The Labute approximate surface area is 108 Å². The second-order valence-corrected chi connectivity index (χ2v) is 5.66. The molecule has 7 heteroatoms. The fourth-order valence-electron chi connectivity index (χ4n) is 1.46. The number of nitrogen functional groups attached to an aromatic ring is 1. The maximum Gasteiger partial charge on any atom is 0.213 e. The lowest BCUT2D eigenvalue weighted by Gasteiger charge is -2.10. The molecule has 0 heterocycles. The summed E-state index contributed by atoms with van der Waals surface area (Å²) >= 11 is 0. The summed E-state index contributed by atoms with van der Waals surface area (Å²) in [5.41, 5.74) is 6.99. The molecule has 4 N–H and O–H groups in total. The van der Waals surface area contributed by atoms with Crippen LogP contribution < -0.4 is 20.5 Å². The highest BCUT2D eigenvalue weighted by Crippen LogP contribution is 2.21. The van der Waals surface area contributed by atoms with Crippen molar-refractivity contribution in [3.8, 4) is 5.75 Å². The number of hydrogen-bond acceptors (Lipinski definition) is 5. The van der Waals surface area contributed by atoms with Crippen LogP contribution in [0.25, 0.3) is 0 Å². The third-order valence-electron chi connectivity index (χ3n) is 2.23. The van der Waals surface area contributed by atoms with Gasteiger partial charge in [0, 0.05) is 36.6 Å². The van der Waals surface area contributed by atoms with Crippen molar-refractivity contribution < 1.29 is 13.2 Å². The third-order valence-corrected chi connectivity index (χ3v) is 3.70. The molecule has 0 atom stereocenters. The van der Waals surface area contributed by atoms with Gasteiger partial charge in [0.15, 0.2) is 0 Å². The second kappa shape index (κ2) is 6.46. The Bertz CT molecular complexity index is 488. The summed E-state index contributed by atoms with van der Waals surface area (Å²) in [4.78, 5) is 0. The topological polar surface area (TPSA) is 93.5 Å². The van der Waals surface area contributed by atoms with Crippen LogP contribution in [0.15, 0.2) is 18.2 Å². The molecule has 0 amide bonds. The summed E-state index contributed by atoms with van der Waals surface area (Å²) in [5, 5.41) is 3.00. The highest BCUT2D eigenvalue weighted by Gasteiger charge is 2.07. The van der Waals surface area contributed by atoms with Crippen molar-refractivity contribution >= 4 is 21.4 Å². The van der Waals surface area contributed by atoms with E-state index in [0.29, 0.717) is 24.5 Å². The molecular formula is C11H19N3O3S. The summed E-state index contributed by atoms with van der Waals surface area (Å²) in [6, 6.07) is 5.18. The number of rotatable bonds is 7. The minimum absolute atomic E-state index is 0.0119. The minimum atomic E-state index is -3.20. The molecule has 0 saturated carbocycles. The fraction of sp³-hybridized carbons (Fsp3) is 0.455. The van der Waals surface area contributed by atoms with E-state index < -0.39 is 10.0 Å². The van der Waals surface area contributed by atoms with E-state index >= 15 is 0 Å². The van der Waals surface area contributed by atoms with Crippen LogP contribution in [0.3, 0.4) is 0 Å². The molecule has 0 saturated heterocycles. The van der Waals surface area contributed by atoms with Gasteiger partial charge in [-0.05, 0) is 6.07 Å².